The van der Waals surface area contributed by atoms with E-state index in [4.69, 9.17) is 4.74 Å². The van der Waals surface area contributed by atoms with Gasteiger partial charge in [-0.15, -0.1) is 0 Å². The number of hydrogen-bond donors (Lipinski definition) is 0. The maximum absolute atomic E-state index is 11.2. The molecule has 0 spiro atoms. The van der Waals surface area contributed by atoms with E-state index in [9.17, 15) is 4.79 Å². The predicted octanol–water partition coefficient (Wildman–Crippen LogP) is 1.56. The molecule has 0 fully saturated rings. The Morgan fingerprint density at radius 3 is 2.55 bits per heavy atom. The summed E-state index contributed by atoms with van der Waals surface area (Å²) >= 11 is 0. The highest BCUT2D eigenvalue weighted by Gasteiger charge is 2.31. The molecule has 0 saturated carbocycles. The summed E-state index contributed by atoms with van der Waals surface area (Å²) in [5, 5.41) is 0. The Kier molecular flexibility index (Phi) is 2.14. The Morgan fingerprint density at radius 1 is 1.55 bits per heavy atom. The van der Waals surface area contributed by atoms with E-state index in [1.165, 1.54) is 0 Å². The van der Waals surface area contributed by atoms with Crippen molar-refractivity contribution in [2.75, 3.05) is 6.61 Å². The quantitative estimate of drug-likeness (QED) is 0.529. The maximum atomic E-state index is 11.2. The van der Waals surface area contributed by atoms with Gasteiger partial charge in [0.2, 0.25) is 0 Å². The fourth-order valence-corrected chi connectivity index (χ4v) is 1.16. The number of ether oxygens (including phenoxy) is 1. The third kappa shape index (κ3) is 1.90. The SMILES string of the molecule is CC(C)(C)C1OCC=CC1=O. The van der Waals surface area contributed by atoms with Gasteiger partial charge in [0.15, 0.2) is 5.78 Å². The average molecular weight is 154 g/mol. The molecule has 0 N–H and O–H groups in total. The van der Waals surface area contributed by atoms with Crippen molar-refractivity contribution in [3.05, 3.63) is 12.2 Å². The molecule has 2 heteroatoms. The van der Waals surface area contributed by atoms with Gasteiger partial charge in [-0.05, 0) is 11.5 Å². The van der Waals surface area contributed by atoms with Crippen LogP contribution in [-0.2, 0) is 9.53 Å². The van der Waals surface area contributed by atoms with Crippen molar-refractivity contribution in [2.24, 2.45) is 5.41 Å². The molecule has 2 nitrogen and oxygen atoms in total. The molecule has 0 saturated heterocycles. The number of rotatable bonds is 0. The Balaban J connectivity index is 2.74. The van der Waals surface area contributed by atoms with Crippen molar-refractivity contribution in [1.29, 1.82) is 0 Å². The van der Waals surface area contributed by atoms with Gasteiger partial charge in [-0.2, -0.15) is 0 Å². The lowest BCUT2D eigenvalue weighted by Gasteiger charge is -2.29. The second kappa shape index (κ2) is 2.78. The molecule has 0 aliphatic carbocycles. The first-order chi connectivity index (χ1) is 5.02. The molecule has 11 heavy (non-hydrogen) atoms. The first-order valence-electron chi connectivity index (χ1n) is 3.84. The van der Waals surface area contributed by atoms with E-state index in [1.54, 1.807) is 12.2 Å². The van der Waals surface area contributed by atoms with Crippen LogP contribution in [0.3, 0.4) is 0 Å². The summed E-state index contributed by atoms with van der Waals surface area (Å²) in [7, 11) is 0. The van der Waals surface area contributed by atoms with Crippen LogP contribution in [0.1, 0.15) is 20.8 Å². The van der Waals surface area contributed by atoms with Gasteiger partial charge in [0.05, 0.1) is 6.61 Å². The molecule has 1 rings (SSSR count). The molecule has 0 aromatic heterocycles. The van der Waals surface area contributed by atoms with Crippen molar-refractivity contribution in [3.8, 4) is 0 Å². The van der Waals surface area contributed by atoms with Gasteiger partial charge in [-0.1, -0.05) is 26.8 Å². The number of carbonyl (C=O) groups excluding carboxylic acids is 1. The maximum Gasteiger partial charge on any atom is 0.184 e. The highest BCUT2D eigenvalue weighted by molar-refractivity contribution is 5.94. The van der Waals surface area contributed by atoms with Crippen LogP contribution in [0, 0.1) is 5.41 Å². The molecule has 0 radical (unpaired) electrons. The minimum absolute atomic E-state index is 0.0815. The van der Waals surface area contributed by atoms with Crippen LogP contribution in [0.4, 0.5) is 0 Å². The Hall–Kier alpha value is -0.630. The molecular formula is C9H14O2. The van der Waals surface area contributed by atoms with Crippen LogP contribution in [0.5, 0.6) is 0 Å². The fraction of sp³-hybridized carbons (Fsp3) is 0.667. The van der Waals surface area contributed by atoms with Crippen molar-refractivity contribution >= 4 is 5.78 Å². The topological polar surface area (TPSA) is 26.3 Å². The van der Waals surface area contributed by atoms with E-state index in [2.05, 4.69) is 0 Å². The molecule has 1 atom stereocenters. The number of ketones is 1. The van der Waals surface area contributed by atoms with Gasteiger partial charge in [-0.25, -0.2) is 0 Å². The van der Waals surface area contributed by atoms with Crippen LogP contribution < -0.4 is 0 Å². The first kappa shape index (κ1) is 8.47. The largest absolute Gasteiger partial charge is 0.365 e. The lowest BCUT2D eigenvalue weighted by Crippen LogP contribution is -2.38. The number of carbonyl (C=O) groups is 1. The Labute approximate surface area is 67.2 Å². The third-order valence-corrected chi connectivity index (χ3v) is 1.69. The third-order valence-electron chi connectivity index (χ3n) is 1.69. The van der Waals surface area contributed by atoms with E-state index < -0.39 is 0 Å². The van der Waals surface area contributed by atoms with E-state index in [0.717, 1.165) is 0 Å². The second-order valence-corrected chi connectivity index (χ2v) is 3.88. The lowest BCUT2D eigenvalue weighted by molar-refractivity contribution is -0.133. The summed E-state index contributed by atoms with van der Waals surface area (Å²) in [6.07, 6.45) is 3.11. The Morgan fingerprint density at radius 2 is 2.18 bits per heavy atom. The normalized spacial score (nSPS) is 25.7. The zero-order valence-electron chi connectivity index (χ0n) is 7.26. The van der Waals surface area contributed by atoms with Crippen molar-refractivity contribution < 1.29 is 9.53 Å². The van der Waals surface area contributed by atoms with Gasteiger partial charge in [0.25, 0.3) is 0 Å². The van der Waals surface area contributed by atoms with Gasteiger partial charge < -0.3 is 4.74 Å². The van der Waals surface area contributed by atoms with Gasteiger partial charge in [-0.3, -0.25) is 4.79 Å². The zero-order valence-corrected chi connectivity index (χ0v) is 7.26. The summed E-state index contributed by atoms with van der Waals surface area (Å²) in [5.74, 6) is 0.0868. The standard InChI is InChI=1S/C9H14O2/c1-9(2,3)8-7(10)5-4-6-11-8/h4-5,8H,6H2,1-3H3. The molecule has 1 heterocycles. The second-order valence-electron chi connectivity index (χ2n) is 3.88. The van der Waals surface area contributed by atoms with Crippen LogP contribution in [0.15, 0.2) is 12.2 Å². The summed E-state index contributed by atoms with van der Waals surface area (Å²) in [6, 6.07) is 0. The molecule has 1 aliphatic rings. The molecule has 0 bridgehead atoms. The summed E-state index contributed by atoms with van der Waals surface area (Å²) in [5.41, 5.74) is -0.0815. The monoisotopic (exact) mass is 154 g/mol. The van der Waals surface area contributed by atoms with E-state index >= 15 is 0 Å². The highest BCUT2D eigenvalue weighted by atomic mass is 16.5. The molecule has 62 valence electrons. The predicted molar refractivity (Wildman–Crippen MR) is 43.3 cm³/mol. The molecular weight excluding hydrogens is 140 g/mol. The Bertz CT molecular complexity index is 186. The van der Waals surface area contributed by atoms with Crippen LogP contribution in [0.25, 0.3) is 0 Å². The summed E-state index contributed by atoms with van der Waals surface area (Å²) < 4.78 is 5.32. The first-order valence-corrected chi connectivity index (χ1v) is 3.84. The van der Waals surface area contributed by atoms with Crippen LogP contribution in [-0.4, -0.2) is 18.5 Å². The molecule has 0 aromatic rings. The van der Waals surface area contributed by atoms with Crippen molar-refractivity contribution in [3.63, 3.8) is 0 Å². The fourth-order valence-electron chi connectivity index (χ4n) is 1.16. The zero-order chi connectivity index (χ0) is 8.48. The van der Waals surface area contributed by atoms with Crippen molar-refractivity contribution in [1.82, 2.24) is 0 Å². The van der Waals surface area contributed by atoms with Crippen LogP contribution >= 0.6 is 0 Å². The molecule has 1 unspecified atom stereocenters. The summed E-state index contributed by atoms with van der Waals surface area (Å²) in [4.78, 5) is 11.2. The molecule has 1 aliphatic heterocycles. The minimum Gasteiger partial charge on any atom is -0.365 e. The van der Waals surface area contributed by atoms with E-state index in [0.29, 0.717) is 6.61 Å². The van der Waals surface area contributed by atoms with E-state index in [1.807, 2.05) is 20.8 Å². The van der Waals surface area contributed by atoms with E-state index in [-0.39, 0.29) is 17.3 Å². The summed E-state index contributed by atoms with van der Waals surface area (Å²) in [6.45, 7) is 6.59. The molecule has 0 amide bonds. The van der Waals surface area contributed by atoms with Crippen LogP contribution in [0.2, 0.25) is 0 Å². The van der Waals surface area contributed by atoms with Gasteiger partial charge >= 0.3 is 0 Å². The lowest BCUT2D eigenvalue weighted by atomic mass is 9.85. The highest BCUT2D eigenvalue weighted by Crippen LogP contribution is 2.24. The van der Waals surface area contributed by atoms with Gasteiger partial charge in [0, 0.05) is 0 Å². The molecule has 0 aromatic carbocycles. The average Bonchev–Trinajstić information content (AvgIpc) is 1.86. The van der Waals surface area contributed by atoms with Crippen molar-refractivity contribution in [2.45, 2.75) is 26.9 Å². The minimum atomic E-state index is -0.257. The number of hydrogen-bond acceptors (Lipinski definition) is 2. The smallest absolute Gasteiger partial charge is 0.184 e. The van der Waals surface area contributed by atoms with Gasteiger partial charge in [0.1, 0.15) is 6.10 Å².